The molecule has 0 saturated carbocycles. The van der Waals surface area contributed by atoms with Crippen LogP contribution in [0.2, 0.25) is 0 Å². The third-order valence-electron chi connectivity index (χ3n) is 5.61. The van der Waals surface area contributed by atoms with Crippen LogP contribution in [0.3, 0.4) is 0 Å². The number of thioether (sulfide) groups is 1. The van der Waals surface area contributed by atoms with Crippen LogP contribution in [-0.4, -0.2) is 16.2 Å². The molecule has 1 heterocycles. The Kier molecular flexibility index (Phi) is 5.70. The number of rotatable bonds is 6. The van der Waals surface area contributed by atoms with E-state index in [4.69, 9.17) is 0 Å². The smallest absolute Gasteiger partial charge is 0.234 e. The van der Waals surface area contributed by atoms with E-state index in [-0.39, 0.29) is 5.91 Å². The van der Waals surface area contributed by atoms with Crippen molar-refractivity contribution in [2.75, 3.05) is 11.1 Å². The number of hydrogen-bond donors (Lipinski definition) is 1. The third kappa shape index (κ3) is 4.27. The lowest BCUT2D eigenvalue weighted by Gasteiger charge is -2.08. The molecule has 0 spiro atoms. The SMILES string of the molecule is Cc1cccc(Cn2cc(SCC(=O)Nc3cccc4ccccc34)c3ccccc32)c1. The van der Waals surface area contributed by atoms with Crippen LogP contribution in [0.1, 0.15) is 11.1 Å². The first-order chi connectivity index (χ1) is 15.7. The van der Waals surface area contributed by atoms with Gasteiger partial charge in [0, 0.05) is 39.6 Å². The largest absolute Gasteiger partial charge is 0.342 e. The molecule has 0 atom stereocenters. The fourth-order valence-corrected chi connectivity index (χ4v) is 5.02. The second-order valence-electron chi connectivity index (χ2n) is 7.99. The molecule has 0 aliphatic heterocycles. The molecular formula is C28H24N2OS. The van der Waals surface area contributed by atoms with Gasteiger partial charge in [-0.3, -0.25) is 4.79 Å². The average Bonchev–Trinajstić information content (AvgIpc) is 3.15. The van der Waals surface area contributed by atoms with Gasteiger partial charge in [-0.2, -0.15) is 0 Å². The number of carbonyl (C=O) groups is 1. The van der Waals surface area contributed by atoms with E-state index < -0.39 is 0 Å². The molecule has 1 N–H and O–H groups in total. The van der Waals surface area contributed by atoms with Crippen molar-refractivity contribution in [3.05, 3.63) is 108 Å². The Hall–Kier alpha value is -3.50. The van der Waals surface area contributed by atoms with Crippen molar-refractivity contribution in [2.24, 2.45) is 0 Å². The number of aromatic nitrogens is 1. The molecular weight excluding hydrogens is 412 g/mol. The summed E-state index contributed by atoms with van der Waals surface area (Å²) in [5, 5.41) is 6.45. The van der Waals surface area contributed by atoms with E-state index in [0.29, 0.717) is 5.75 Å². The number of carbonyl (C=O) groups excluding carboxylic acids is 1. The van der Waals surface area contributed by atoms with Gasteiger partial charge in [-0.15, -0.1) is 11.8 Å². The fraction of sp³-hybridized carbons (Fsp3) is 0.107. The Morgan fingerprint density at radius 3 is 2.50 bits per heavy atom. The van der Waals surface area contributed by atoms with Crippen LogP contribution in [0, 0.1) is 6.92 Å². The van der Waals surface area contributed by atoms with Crippen LogP contribution in [0.4, 0.5) is 5.69 Å². The van der Waals surface area contributed by atoms with Gasteiger partial charge < -0.3 is 9.88 Å². The Morgan fingerprint density at radius 1 is 0.875 bits per heavy atom. The van der Waals surface area contributed by atoms with Gasteiger partial charge in [0.2, 0.25) is 5.91 Å². The van der Waals surface area contributed by atoms with E-state index in [9.17, 15) is 4.79 Å². The van der Waals surface area contributed by atoms with Gasteiger partial charge in [0.05, 0.1) is 5.75 Å². The van der Waals surface area contributed by atoms with Crippen molar-refractivity contribution in [1.29, 1.82) is 0 Å². The fourth-order valence-electron chi connectivity index (χ4n) is 4.13. The topological polar surface area (TPSA) is 34.0 Å². The molecule has 0 unspecified atom stereocenters. The first-order valence-electron chi connectivity index (χ1n) is 10.7. The summed E-state index contributed by atoms with van der Waals surface area (Å²) in [6.07, 6.45) is 2.17. The zero-order valence-electron chi connectivity index (χ0n) is 17.9. The quantitative estimate of drug-likeness (QED) is 0.294. The number of hydrogen-bond acceptors (Lipinski definition) is 2. The highest BCUT2D eigenvalue weighted by atomic mass is 32.2. The van der Waals surface area contributed by atoms with Gasteiger partial charge in [0.25, 0.3) is 0 Å². The monoisotopic (exact) mass is 436 g/mol. The summed E-state index contributed by atoms with van der Waals surface area (Å²) < 4.78 is 2.27. The first-order valence-corrected chi connectivity index (χ1v) is 11.7. The van der Waals surface area contributed by atoms with Crippen molar-refractivity contribution < 1.29 is 4.79 Å². The number of nitrogens with one attached hydrogen (secondary N) is 1. The highest BCUT2D eigenvalue weighted by molar-refractivity contribution is 8.00. The van der Waals surface area contributed by atoms with Crippen molar-refractivity contribution in [3.8, 4) is 0 Å². The molecule has 158 valence electrons. The number of aryl methyl sites for hydroxylation is 1. The lowest BCUT2D eigenvalue weighted by molar-refractivity contribution is -0.113. The Labute approximate surface area is 192 Å². The van der Waals surface area contributed by atoms with Crippen molar-refractivity contribution in [2.45, 2.75) is 18.4 Å². The third-order valence-corrected chi connectivity index (χ3v) is 6.65. The Bertz CT molecular complexity index is 1410. The minimum atomic E-state index is 0.00173. The van der Waals surface area contributed by atoms with Crippen LogP contribution >= 0.6 is 11.8 Å². The molecule has 0 radical (unpaired) electrons. The number of benzene rings is 4. The van der Waals surface area contributed by atoms with Gasteiger partial charge in [-0.05, 0) is 30.0 Å². The first kappa shape index (κ1) is 20.4. The number of nitrogens with zero attached hydrogens (tertiary/aromatic N) is 1. The Morgan fingerprint density at radius 2 is 1.62 bits per heavy atom. The summed E-state index contributed by atoms with van der Waals surface area (Å²) in [6.45, 7) is 2.93. The zero-order chi connectivity index (χ0) is 21.9. The summed E-state index contributed by atoms with van der Waals surface area (Å²) in [4.78, 5) is 13.9. The normalized spacial score (nSPS) is 11.2. The number of amides is 1. The minimum absolute atomic E-state index is 0.00173. The maximum Gasteiger partial charge on any atom is 0.234 e. The van der Waals surface area contributed by atoms with Gasteiger partial charge in [0.15, 0.2) is 0 Å². The molecule has 1 amide bonds. The maximum atomic E-state index is 12.8. The number of para-hydroxylation sites is 1. The predicted octanol–water partition coefficient (Wildman–Crippen LogP) is 6.88. The summed E-state index contributed by atoms with van der Waals surface area (Å²) in [5.74, 6) is 0.365. The molecule has 5 rings (SSSR count). The van der Waals surface area contributed by atoms with E-state index in [2.05, 4.69) is 83.7 Å². The van der Waals surface area contributed by atoms with E-state index in [1.54, 1.807) is 11.8 Å². The highest BCUT2D eigenvalue weighted by Gasteiger charge is 2.12. The number of fused-ring (bicyclic) bond motifs is 2. The highest BCUT2D eigenvalue weighted by Crippen LogP contribution is 2.31. The lowest BCUT2D eigenvalue weighted by atomic mass is 10.1. The predicted molar refractivity (Wildman–Crippen MR) is 136 cm³/mol. The second kappa shape index (κ2) is 8.93. The molecule has 3 nitrogen and oxygen atoms in total. The molecule has 0 aliphatic rings. The van der Waals surface area contributed by atoms with Crippen molar-refractivity contribution in [1.82, 2.24) is 4.57 Å². The molecule has 0 bridgehead atoms. The molecule has 4 heteroatoms. The van der Waals surface area contributed by atoms with E-state index in [1.807, 2.05) is 30.3 Å². The van der Waals surface area contributed by atoms with Crippen molar-refractivity contribution >= 4 is 45.0 Å². The Balaban J connectivity index is 1.34. The second-order valence-corrected chi connectivity index (χ2v) is 9.01. The molecule has 0 aliphatic carbocycles. The van der Waals surface area contributed by atoms with Crippen LogP contribution < -0.4 is 5.32 Å². The van der Waals surface area contributed by atoms with Gasteiger partial charge in [-0.1, -0.05) is 84.4 Å². The lowest BCUT2D eigenvalue weighted by Crippen LogP contribution is -2.14. The van der Waals surface area contributed by atoms with Crippen LogP contribution in [0.15, 0.2) is 102 Å². The summed E-state index contributed by atoms with van der Waals surface area (Å²) in [7, 11) is 0. The van der Waals surface area contributed by atoms with E-state index in [0.717, 1.165) is 27.9 Å². The molecule has 5 aromatic rings. The van der Waals surface area contributed by atoms with Gasteiger partial charge in [0.1, 0.15) is 0 Å². The van der Waals surface area contributed by atoms with Crippen molar-refractivity contribution in [3.63, 3.8) is 0 Å². The molecule has 0 fully saturated rings. The standard InChI is InChI=1S/C28H24N2OS/c1-20-8-6-9-21(16-20)17-30-18-27(24-13-4-5-15-26(24)30)32-19-28(31)29-25-14-7-11-22-10-2-3-12-23(22)25/h2-16,18H,17,19H2,1H3,(H,29,31). The van der Waals surface area contributed by atoms with Gasteiger partial charge in [-0.25, -0.2) is 0 Å². The van der Waals surface area contributed by atoms with E-state index >= 15 is 0 Å². The van der Waals surface area contributed by atoms with Crippen LogP contribution in [-0.2, 0) is 11.3 Å². The summed E-state index contributed by atoms with van der Waals surface area (Å²) >= 11 is 1.58. The summed E-state index contributed by atoms with van der Waals surface area (Å²) in [6, 6.07) is 31.1. The molecule has 4 aromatic carbocycles. The zero-order valence-corrected chi connectivity index (χ0v) is 18.7. The average molecular weight is 437 g/mol. The van der Waals surface area contributed by atoms with E-state index in [1.165, 1.54) is 22.0 Å². The van der Waals surface area contributed by atoms with Crippen LogP contribution in [0.25, 0.3) is 21.7 Å². The molecule has 32 heavy (non-hydrogen) atoms. The van der Waals surface area contributed by atoms with Crippen LogP contribution in [0.5, 0.6) is 0 Å². The molecule has 0 saturated heterocycles. The van der Waals surface area contributed by atoms with Gasteiger partial charge >= 0.3 is 0 Å². The minimum Gasteiger partial charge on any atom is -0.342 e. The molecule has 1 aromatic heterocycles. The summed E-state index contributed by atoms with van der Waals surface area (Å²) in [5.41, 5.74) is 4.58. The maximum absolute atomic E-state index is 12.8. The number of anilines is 1.